The van der Waals surface area contributed by atoms with Crippen LogP contribution in [-0.4, -0.2) is 13.9 Å². The van der Waals surface area contributed by atoms with Crippen LogP contribution >= 0.6 is 15.9 Å². The minimum atomic E-state index is -1.47. The smallest absolute Gasteiger partial charge is 0.134 e. The van der Waals surface area contributed by atoms with Gasteiger partial charge in [-0.1, -0.05) is 47.7 Å². The molecule has 15 heavy (non-hydrogen) atoms. The predicted molar refractivity (Wildman–Crippen MR) is 70.9 cm³/mol. The van der Waals surface area contributed by atoms with Crippen LogP contribution in [0.15, 0.2) is 28.7 Å². The zero-order valence-corrected chi connectivity index (χ0v) is 12.3. The van der Waals surface area contributed by atoms with Crippen LogP contribution in [0.2, 0.25) is 19.6 Å². The van der Waals surface area contributed by atoms with E-state index < -0.39 is 8.07 Å². The van der Waals surface area contributed by atoms with Gasteiger partial charge in [0, 0.05) is 10.0 Å². The van der Waals surface area contributed by atoms with E-state index in [9.17, 15) is 4.79 Å². The molecule has 0 aliphatic carbocycles. The Morgan fingerprint density at radius 2 is 1.67 bits per heavy atom. The number of halogens is 1. The van der Waals surface area contributed by atoms with E-state index in [1.165, 1.54) is 0 Å². The van der Waals surface area contributed by atoms with Crippen molar-refractivity contribution in [3.8, 4) is 0 Å². The number of ketones is 1. The second kappa shape index (κ2) is 4.62. The van der Waals surface area contributed by atoms with Crippen molar-refractivity contribution in [2.75, 3.05) is 0 Å². The fraction of sp³-hybridized carbons (Fsp3) is 0.417. The number of rotatable bonds is 3. The highest BCUT2D eigenvalue weighted by Gasteiger charge is 2.31. The maximum Gasteiger partial charge on any atom is 0.134 e. The van der Waals surface area contributed by atoms with Gasteiger partial charge in [0.05, 0.1) is 8.07 Å². The summed E-state index contributed by atoms with van der Waals surface area (Å²) in [4.78, 5) is 11.7. The fourth-order valence-electron chi connectivity index (χ4n) is 2.00. The Bertz CT molecular complexity index is 351. The van der Waals surface area contributed by atoms with E-state index in [1.54, 1.807) is 6.92 Å². The van der Waals surface area contributed by atoms with Crippen LogP contribution in [0.25, 0.3) is 0 Å². The number of hydrogen-bond acceptors (Lipinski definition) is 1. The molecule has 0 aliphatic heterocycles. The molecule has 0 bridgehead atoms. The number of hydrogen-bond donors (Lipinski definition) is 0. The summed E-state index contributed by atoms with van der Waals surface area (Å²) < 4.78 is 1.06. The molecular formula is C12H17BrOSi. The van der Waals surface area contributed by atoms with Crippen LogP contribution in [0.3, 0.4) is 0 Å². The van der Waals surface area contributed by atoms with Crippen molar-refractivity contribution in [3.63, 3.8) is 0 Å². The molecule has 82 valence electrons. The van der Waals surface area contributed by atoms with E-state index in [0.29, 0.717) is 0 Å². The summed E-state index contributed by atoms with van der Waals surface area (Å²) in [5, 5.41) is 0. The molecule has 1 unspecified atom stereocenters. The Kier molecular flexibility index (Phi) is 3.90. The number of benzene rings is 1. The van der Waals surface area contributed by atoms with Gasteiger partial charge in [0.1, 0.15) is 5.78 Å². The van der Waals surface area contributed by atoms with E-state index in [2.05, 4.69) is 47.7 Å². The SMILES string of the molecule is CC(=O)C(c1ccc(Br)cc1)[Si](C)(C)C. The van der Waals surface area contributed by atoms with Gasteiger partial charge in [-0.3, -0.25) is 4.79 Å². The highest BCUT2D eigenvalue weighted by molar-refractivity contribution is 9.10. The largest absolute Gasteiger partial charge is 0.300 e. The lowest BCUT2D eigenvalue weighted by Crippen LogP contribution is -2.35. The topological polar surface area (TPSA) is 17.1 Å². The fourth-order valence-corrected chi connectivity index (χ4v) is 4.68. The number of carbonyl (C=O) groups excluding carboxylic acids is 1. The maximum atomic E-state index is 11.7. The van der Waals surface area contributed by atoms with Gasteiger partial charge in [-0.05, 0) is 24.6 Å². The van der Waals surface area contributed by atoms with E-state index in [-0.39, 0.29) is 11.3 Å². The molecule has 0 fully saturated rings. The molecule has 1 rings (SSSR count). The van der Waals surface area contributed by atoms with Gasteiger partial charge in [0.25, 0.3) is 0 Å². The first-order chi connectivity index (χ1) is 6.82. The Balaban J connectivity index is 3.11. The van der Waals surface area contributed by atoms with Gasteiger partial charge in [-0.25, -0.2) is 0 Å². The zero-order valence-electron chi connectivity index (χ0n) is 9.67. The average Bonchev–Trinajstić information content (AvgIpc) is 2.05. The first-order valence-corrected chi connectivity index (χ1v) is 9.45. The lowest BCUT2D eigenvalue weighted by atomic mass is 10.1. The third kappa shape index (κ3) is 3.28. The summed E-state index contributed by atoms with van der Waals surface area (Å²) in [5.74, 6) is 0.288. The third-order valence-electron chi connectivity index (χ3n) is 2.48. The number of carbonyl (C=O) groups is 1. The molecule has 0 amide bonds. The standard InChI is InChI=1S/C12H17BrOSi/c1-9(14)12(15(2,3)4)10-5-7-11(13)8-6-10/h5-8,12H,1-4H3. The van der Waals surface area contributed by atoms with Crippen LogP contribution in [-0.2, 0) is 4.79 Å². The Morgan fingerprint density at radius 3 is 2.00 bits per heavy atom. The van der Waals surface area contributed by atoms with Gasteiger partial charge in [0.2, 0.25) is 0 Å². The first kappa shape index (κ1) is 12.7. The van der Waals surface area contributed by atoms with Gasteiger partial charge in [0.15, 0.2) is 0 Å². The van der Waals surface area contributed by atoms with Crippen LogP contribution in [0.5, 0.6) is 0 Å². The van der Waals surface area contributed by atoms with E-state index in [4.69, 9.17) is 0 Å². The van der Waals surface area contributed by atoms with E-state index >= 15 is 0 Å². The summed E-state index contributed by atoms with van der Waals surface area (Å²) in [5.41, 5.74) is 1.27. The summed E-state index contributed by atoms with van der Waals surface area (Å²) in [6.07, 6.45) is 0. The van der Waals surface area contributed by atoms with Gasteiger partial charge in [-0.2, -0.15) is 0 Å². The molecule has 0 saturated carbocycles. The summed E-state index contributed by atoms with van der Waals surface area (Å²) in [6, 6.07) is 8.11. The normalized spacial score (nSPS) is 13.7. The molecule has 0 aromatic heterocycles. The van der Waals surface area contributed by atoms with Crippen molar-refractivity contribution in [3.05, 3.63) is 34.3 Å². The lowest BCUT2D eigenvalue weighted by Gasteiger charge is -2.27. The second-order valence-electron chi connectivity index (χ2n) is 4.96. The monoisotopic (exact) mass is 284 g/mol. The molecule has 1 nitrogen and oxygen atoms in total. The van der Waals surface area contributed by atoms with Crippen molar-refractivity contribution in [2.24, 2.45) is 0 Å². The second-order valence-corrected chi connectivity index (χ2v) is 11.2. The Morgan fingerprint density at radius 1 is 1.20 bits per heavy atom. The molecule has 0 spiro atoms. The molecule has 1 atom stereocenters. The van der Waals surface area contributed by atoms with Crippen LogP contribution in [0.4, 0.5) is 0 Å². The molecule has 0 saturated heterocycles. The van der Waals surface area contributed by atoms with Crippen molar-refractivity contribution in [1.29, 1.82) is 0 Å². The van der Waals surface area contributed by atoms with Crippen LogP contribution < -0.4 is 0 Å². The highest BCUT2D eigenvalue weighted by Crippen LogP contribution is 2.28. The number of Topliss-reactive ketones (excluding diaryl/α,β-unsaturated/α-hetero) is 1. The molecular weight excluding hydrogens is 268 g/mol. The summed E-state index contributed by atoms with van der Waals surface area (Å²) >= 11 is 3.41. The highest BCUT2D eigenvalue weighted by atomic mass is 79.9. The van der Waals surface area contributed by atoms with Crippen molar-refractivity contribution in [1.82, 2.24) is 0 Å². The Labute approximate surface area is 101 Å². The quantitative estimate of drug-likeness (QED) is 0.767. The molecule has 0 heterocycles. The Hall–Kier alpha value is -0.413. The molecule has 1 aromatic carbocycles. The van der Waals surface area contributed by atoms with Crippen molar-refractivity contribution < 1.29 is 4.79 Å². The average molecular weight is 285 g/mol. The lowest BCUT2D eigenvalue weighted by molar-refractivity contribution is -0.116. The van der Waals surface area contributed by atoms with Crippen molar-refractivity contribution >= 4 is 29.8 Å². The van der Waals surface area contributed by atoms with Gasteiger partial charge >= 0.3 is 0 Å². The molecule has 0 N–H and O–H groups in total. The van der Waals surface area contributed by atoms with Crippen molar-refractivity contribution in [2.45, 2.75) is 32.1 Å². The minimum absolute atomic E-state index is 0.116. The maximum absolute atomic E-state index is 11.7. The first-order valence-electron chi connectivity index (χ1n) is 5.08. The zero-order chi connectivity index (χ0) is 11.6. The van der Waals surface area contributed by atoms with Crippen LogP contribution in [0, 0.1) is 0 Å². The summed E-state index contributed by atoms with van der Waals surface area (Å²) in [7, 11) is -1.47. The van der Waals surface area contributed by atoms with Gasteiger partial charge < -0.3 is 0 Å². The van der Waals surface area contributed by atoms with E-state index in [1.807, 2.05) is 12.1 Å². The minimum Gasteiger partial charge on any atom is -0.300 e. The van der Waals surface area contributed by atoms with Crippen LogP contribution in [0.1, 0.15) is 18.0 Å². The molecule has 3 heteroatoms. The third-order valence-corrected chi connectivity index (χ3v) is 5.48. The predicted octanol–water partition coefficient (Wildman–Crippen LogP) is 4.00. The molecule has 0 radical (unpaired) electrons. The van der Waals surface area contributed by atoms with E-state index in [0.717, 1.165) is 10.0 Å². The molecule has 1 aromatic rings. The van der Waals surface area contributed by atoms with Gasteiger partial charge in [-0.15, -0.1) is 0 Å². The molecule has 0 aliphatic rings. The summed E-state index contributed by atoms with van der Waals surface area (Å²) in [6.45, 7) is 8.41.